The second-order valence-electron chi connectivity index (χ2n) is 7.21. The topological polar surface area (TPSA) is 72.5 Å². The number of benzene rings is 3. The van der Waals surface area contributed by atoms with Crippen molar-refractivity contribution in [1.82, 2.24) is 0 Å². The summed E-state index contributed by atoms with van der Waals surface area (Å²) in [6.07, 6.45) is -0.565. The lowest BCUT2D eigenvalue weighted by Gasteiger charge is -2.28. The fraction of sp³-hybridized carbons (Fsp3) is 0.240. The molecule has 33 heavy (non-hydrogen) atoms. The Balaban J connectivity index is 1.56. The number of carbonyl (C=O) groups excluding carboxylic acids is 1. The Bertz CT molecular complexity index is 1120. The van der Waals surface area contributed by atoms with Gasteiger partial charge in [0, 0.05) is 21.7 Å². The van der Waals surface area contributed by atoms with Crippen LogP contribution in [0.25, 0.3) is 0 Å². The maximum atomic E-state index is 12.8. The Kier molecular flexibility index (Phi) is 6.91. The molecule has 1 unspecified atom stereocenters. The summed E-state index contributed by atoms with van der Waals surface area (Å²) in [5.41, 5.74) is 2.57. The second kappa shape index (κ2) is 10.0. The van der Waals surface area contributed by atoms with Gasteiger partial charge in [0.1, 0.15) is 12.4 Å². The fourth-order valence-corrected chi connectivity index (χ4v) is 3.85. The van der Waals surface area contributed by atoms with E-state index >= 15 is 0 Å². The zero-order valence-electron chi connectivity index (χ0n) is 18.4. The third-order valence-electron chi connectivity index (χ3n) is 5.15. The van der Waals surface area contributed by atoms with E-state index in [-0.39, 0.29) is 12.2 Å². The lowest BCUT2D eigenvalue weighted by atomic mass is 10.1. The summed E-state index contributed by atoms with van der Waals surface area (Å²) in [7, 11) is 4.45. The van der Waals surface area contributed by atoms with E-state index in [0.717, 1.165) is 11.1 Å². The van der Waals surface area contributed by atoms with Crippen LogP contribution in [0.1, 0.15) is 33.3 Å². The number of ether oxygens (including phenoxy) is 6. The van der Waals surface area contributed by atoms with E-state index in [1.165, 1.54) is 33.5 Å². The molecule has 0 bridgehead atoms. The summed E-state index contributed by atoms with van der Waals surface area (Å²) in [5, 5.41) is 0.498. The number of fused-ring (bicyclic) bond motifs is 1. The number of hydrogen-bond donors (Lipinski definition) is 0. The Morgan fingerprint density at radius 2 is 1.70 bits per heavy atom. The van der Waals surface area contributed by atoms with Crippen LogP contribution in [-0.2, 0) is 22.7 Å². The van der Waals surface area contributed by atoms with Gasteiger partial charge in [-0.3, -0.25) is 0 Å². The van der Waals surface area contributed by atoms with Gasteiger partial charge in [0.25, 0.3) is 0 Å². The molecule has 1 aliphatic rings. The van der Waals surface area contributed by atoms with Crippen LogP contribution in [0.4, 0.5) is 0 Å². The van der Waals surface area contributed by atoms with E-state index in [2.05, 4.69) is 0 Å². The molecule has 0 saturated carbocycles. The molecule has 7 nitrogen and oxygen atoms in total. The van der Waals surface area contributed by atoms with Crippen molar-refractivity contribution in [3.8, 4) is 23.0 Å². The van der Waals surface area contributed by atoms with Crippen molar-refractivity contribution in [2.45, 2.75) is 19.5 Å². The van der Waals surface area contributed by atoms with Crippen molar-refractivity contribution >= 4 is 17.6 Å². The van der Waals surface area contributed by atoms with E-state index < -0.39 is 12.3 Å². The number of halogens is 1. The fourth-order valence-electron chi connectivity index (χ4n) is 3.58. The highest BCUT2D eigenvalue weighted by molar-refractivity contribution is 6.30. The van der Waals surface area contributed by atoms with Crippen LogP contribution in [0.15, 0.2) is 54.6 Å². The average Bonchev–Trinajstić information content (AvgIpc) is 2.86. The highest BCUT2D eigenvalue weighted by Crippen LogP contribution is 2.40. The molecule has 3 aromatic rings. The summed E-state index contributed by atoms with van der Waals surface area (Å²) in [6, 6.07) is 16.2. The molecular weight excluding hydrogens is 448 g/mol. The molecule has 0 spiro atoms. The third-order valence-corrected chi connectivity index (χ3v) is 5.37. The van der Waals surface area contributed by atoms with Crippen molar-refractivity contribution in [3.63, 3.8) is 0 Å². The first-order valence-electron chi connectivity index (χ1n) is 10.2. The lowest BCUT2D eigenvalue weighted by Crippen LogP contribution is -2.19. The number of rotatable bonds is 7. The molecule has 172 valence electrons. The highest BCUT2D eigenvalue weighted by Gasteiger charge is 2.26. The van der Waals surface area contributed by atoms with Gasteiger partial charge in [-0.2, -0.15) is 0 Å². The lowest BCUT2D eigenvalue weighted by molar-refractivity contribution is -0.112. The maximum absolute atomic E-state index is 12.8. The monoisotopic (exact) mass is 470 g/mol. The zero-order chi connectivity index (χ0) is 23.4. The second-order valence-corrected chi connectivity index (χ2v) is 7.65. The van der Waals surface area contributed by atoms with Gasteiger partial charge in [-0.05, 0) is 24.3 Å². The van der Waals surface area contributed by atoms with Crippen molar-refractivity contribution in [1.29, 1.82) is 0 Å². The Morgan fingerprint density at radius 1 is 1.00 bits per heavy atom. The number of esters is 1. The molecule has 0 radical (unpaired) electrons. The SMILES string of the molecule is COc1cc(C(=O)OCc2cc(Cl)cc3c2OC(c2ccccc2)OC3)cc(OC)c1OC. The van der Waals surface area contributed by atoms with Crippen molar-refractivity contribution < 1.29 is 33.2 Å². The van der Waals surface area contributed by atoms with Crippen LogP contribution < -0.4 is 18.9 Å². The van der Waals surface area contributed by atoms with Crippen molar-refractivity contribution in [2.24, 2.45) is 0 Å². The molecule has 0 fully saturated rings. The van der Waals surface area contributed by atoms with E-state index in [0.29, 0.717) is 40.2 Å². The predicted octanol–water partition coefficient (Wildman–Crippen LogP) is 5.33. The molecule has 1 heterocycles. The quantitative estimate of drug-likeness (QED) is 0.432. The minimum atomic E-state index is -0.565. The molecule has 0 aliphatic carbocycles. The molecule has 0 amide bonds. The number of hydrogen-bond acceptors (Lipinski definition) is 7. The molecule has 8 heteroatoms. The Labute approximate surface area is 196 Å². The first-order valence-corrected chi connectivity index (χ1v) is 10.5. The van der Waals surface area contributed by atoms with Crippen LogP contribution >= 0.6 is 11.6 Å². The normalized spacial score (nSPS) is 14.6. The summed E-state index contributed by atoms with van der Waals surface area (Å²) < 4.78 is 33.5. The van der Waals surface area contributed by atoms with Gasteiger partial charge in [-0.15, -0.1) is 0 Å². The van der Waals surface area contributed by atoms with Crippen LogP contribution in [0.2, 0.25) is 5.02 Å². The van der Waals surface area contributed by atoms with Gasteiger partial charge in [-0.25, -0.2) is 4.79 Å². The molecule has 4 rings (SSSR count). The molecule has 1 atom stereocenters. The molecule has 0 aromatic heterocycles. The van der Waals surface area contributed by atoms with E-state index in [9.17, 15) is 4.79 Å². The summed E-state index contributed by atoms with van der Waals surface area (Å²) in [6.45, 7) is 0.281. The first kappa shape index (κ1) is 22.8. The third kappa shape index (κ3) is 4.84. The average molecular weight is 471 g/mol. The summed E-state index contributed by atoms with van der Waals surface area (Å²) >= 11 is 6.28. The Hall–Kier alpha value is -3.42. The number of methoxy groups -OCH3 is 3. The number of carbonyl (C=O) groups is 1. The van der Waals surface area contributed by atoms with Crippen molar-refractivity contribution in [3.05, 3.63) is 81.9 Å². The Morgan fingerprint density at radius 3 is 2.33 bits per heavy atom. The highest BCUT2D eigenvalue weighted by atomic mass is 35.5. The van der Waals surface area contributed by atoms with Crippen molar-refractivity contribution in [2.75, 3.05) is 21.3 Å². The largest absolute Gasteiger partial charge is 0.493 e. The predicted molar refractivity (Wildman–Crippen MR) is 121 cm³/mol. The zero-order valence-corrected chi connectivity index (χ0v) is 19.2. The van der Waals surface area contributed by atoms with Crippen LogP contribution in [0.5, 0.6) is 23.0 Å². The van der Waals surface area contributed by atoms with Crippen LogP contribution in [0.3, 0.4) is 0 Å². The van der Waals surface area contributed by atoms with Gasteiger partial charge in [-0.1, -0.05) is 41.9 Å². The maximum Gasteiger partial charge on any atom is 0.338 e. The van der Waals surface area contributed by atoms with Gasteiger partial charge in [0.05, 0.1) is 33.5 Å². The van der Waals surface area contributed by atoms with Gasteiger partial charge >= 0.3 is 5.97 Å². The summed E-state index contributed by atoms with van der Waals surface area (Å²) in [4.78, 5) is 12.8. The standard InChI is InChI=1S/C25H23ClO7/c1-28-20-11-16(12-21(29-2)23(20)30-3)24(27)31-13-17-9-19(26)10-18-14-32-25(33-22(17)18)15-7-5-4-6-8-15/h4-12,25H,13-14H2,1-3H3. The minimum absolute atomic E-state index is 0.0418. The van der Waals surface area contributed by atoms with E-state index in [4.69, 9.17) is 40.0 Å². The smallest absolute Gasteiger partial charge is 0.338 e. The molecule has 3 aromatic carbocycles. The van der Waals surface area contributed by atoms with E-state index in [1.807, 2.05) is 30.3 Å². The van der Waals surface area contributed by atoms with Gasteiger partial charge in [0.2, 0.25) is 12.0 Å². The van der Waals surface area contributed by atoms with Crippen LogP contribution in [0, 0.1) is 0 Å². The van der Waals surface area contributed by atoms with Gasteiger partial charge < -0.3 is 28.4 Å². The molecule has 1 aliphatic heterocycles. The first-order chi connectivity index (χ1) is 16.0. The molecule has 0 N–H and O–H groups in total. The van der Waals surface area contributed by atoms with Crippen LogP contribution in [-0.4, -0.2) is 27.3 Å². The molecule has 0 saturated heterocycles. The van der Waals surface area contributed by atoms with Gasteiger partial charge in [0.15, 0.2) is 11.5 Å². The summed E-state index contributed by atoms with van der Waals surface area (Å²) in [5.74, 6) is 1.14. The van der Waals surface area contributed by atoms with E-state index in [1.54, 1.807) is 12.1 Å². The minimum Gasteiger partial charge on any atom is -0.493 e. The molecular formula is C25H23ClO7.